The van der Waals surface area contributed by atoms with Gasteiger partial charge in [0.1, 0.15) is 0 Å². The monoisotopic (exact) mass is 424 g/mol. The zero-order valence-electron chi connectivity index (χ0n) is 12.0. The molecule has 1 aliphatic rings. The highest BCUT2D eigenvalue weighted by Crippen LogP contribution is 2.36. The number of amides is 1. The molecule has 0 bridgehead atoms. The van der Waals surface area contributed by atoms with Crippen LogP contribution in [-0.4, -0.2) is 29.0 Å². The van der Waals surface area contributed by atoms with Crippen LogP contribution in [0, 0.1) is 0 Å². The first-order valence-electron chi connectivity index (χ1n) is 6.84. The number of nitrogens with one attached hydrogen (secondary N) is 1. The fraction of sp³-hybridized carbons (Fsp3) is 0.125. The fourth-order valence-corrected chi connectivity index (χ4v) is 4.89. The maximum atomic E-state index is 12.1. The van der Waals surface area contributed by atoms with Crippen LogP contribution in [0.5, 0.6) is 0 Å². The molecule has 0 unspecified atom stereocenters. The molecule has 0 saturated carbocycles. The van der Waals surface area contributed by atoms with Crippen molar-refractivity contribution in [3.8, 4) is 9.75 Å². The first kappa shape index (κ1) is 16.6. The number of hydrogen-bond acceptors (Lipinski definition) is 4. The minimum atomic E-state index is -0.121. The van der Waals surface area contributed by atoms with E-state index in [0.29, 0.717) is 23.8 Å². The van der Waals surface area contributed by atoms with Crippen molar-refractivity contribution in [3.63, 3.8) is 0 Å². The second-order valence-corrected chi connectivity index (χ2v) is 8.87. The molecule has 1 fully saturated rings. The van der Waals surface area contributed by atoms with Gasteiger partial charge < -0.3 is 4.90 Å². The molecule has 1 amide bonds. The summed E-state index contributed by atoms with van der Waals surface area (Å²) in [5.74, 6) is -0.121. The van der Waals surface area contributed by atoms with E-state index in [1.54, 1.807) is 28.7 Å². The van der Waals surface area contributed by atoms with E-state index in [4.69, 9.17) is 12.2 Å². The molecule has 0 aliphatic carbocycles. The van der Waals surface area contributed by atoms with E-state index in [1.807, 2.05) is 23.1 Å². The Morgan fingerprint density at radius 1 is 1.30 bits per heavy atom. The summed E-state index contributed by atoms with van der Waals surface area (Å²) in [7, 11) is 0. The number of rotatable bonds is 4. The van der Waals surface area contributed by atoms with Crippen molar-refractivity contribution >= 4 is 67.9 Å². The lowest BCUT2D eigenvalue weighted by molar-refractivity contribution is -0.116. The van der Waals surface area contributed by atoms with Crippen molar-refractivity contribution < 1.29 is 4.79 Å². The van der Waals surface area contributed by atoms with Gasteiger partial charge in [-0.25, -0.2) is 0 Å². The van der Waals surface area contributed by atoms with Gasteiger partial charge in [-0.15, -0.1) is 29.3 Å². The normalized spacial score (nSPS) is 16.7. The molecule has 0 aromatic carbocycles. The summed E-state index contributed by atoms with van der Waals surface area (Å²) in [6.45, 7) is 4.85. The Kier molecular flexibility index (Phi) is 5.11. The molecule has 0 atom stereocenters. The maximum absolute atomic E-state index is 12.1. The number of carbonyl (C=O) groups excluding carboxylic acids is 1. The average molecular weight is 425 g/mol. The quantitative estimate of drug-likeness (QED) is 0.444. The number of hydrogen-bond donors (Lipinski definition) is 1. The third kappa shape index (κ3) is 3.80. The summed E-state index contributed by atoms with van der Waals surface area (Å²) in [5, 5.41) is 3.19. The topological polar surface area (TPSA) is 32.3 Å². The Morgan fingerprint density at radius 3 is 2.74 bits per heavy atom. The average Bonchev–Trinajstić information content (AvgIpc) is 3.13. The minimum Gasteiger partial charge on any atom is -0.341 e. The summed E-state index contributed by atoms with van der Waals surface area (Å²) < 4.78 is 1.11. The summed E-state index contributed by atoms with van der Waals surface area (Å²) in [6, 6.07) is 8.26. The molecule has 1 saturated heterocycles. The lowest BCUT2D eigenvalue weighted by Gasteiger charge is -2.29. The van der Waals surface area contributed by atoms with Gasteiger partial charge >= 0.3 is 0 Å². The van der Waals surface area contributed by atoms with Gasteiger partial charge in [-0.2, -0.15) is 0 Å². The number of nitrogens with zero attached hydrogens (tertiary/aromatic N) is 1. The minimum absolute atomic E-state index is 0.121. The van der Waals surface area contributed by atoms with Gasteiger partial charge in [-0.3, -0.25) is 10.1 Å². The molecule has 23 heavy (non-hydrogen) atoms. The SMILES string of the molecule is C=CCN1CC(=Cc2ccc(-c3ccc(Br)s3)s2)C(=O)NC1=S. The Labute approximate surface area is 156 Å². The summed E-state index contributed by atoms with van der Waals surface area (Å²) in [5.41, 5.74) is 0.709. The zero-order valence-corrected chi connectivity index (χ0v) is 16.1. The second-order valence-electron chi connectivity index (χ2n) is 4.90. The van der Waals surface area contributed by atoms with Crippen LogP contribution in [0.15, 0.2) is 46.3 Å². The molecular formula is C16H13BrN2OS3. The van der Waals surface area contributed by atoms with Gasteiger partial charge in [0.05, 0.1) is 10.3 Å². The van der Waals surface area contributed by atoms with Gasteiger partial charge in [-0.1, -0.05) is 6.08 Å². The van der Waals surface area contributed by atoms with Crippen molar-refractivity contribution in [1.82, 2.24) is 10.2 Å². The van der Waals surface area contributed by atoms with Crippen molar-refractivity contribution in [2.24, 2.45) is 0 Å². The number of carbonyl (C=O) groups is 1. The summed E-state index contributed by atoms with van der Waals surface area (Å²) in [4.78, 5) is 17.5. The maximum Gasteiger partial charge on any atom is 0.255 e. The highest BCUT2D eigenvalue weighted by atomic mass is 79.9. The van der Waals surface area contributed by atoms with Crippen LogP contribution in [0.2, 0.25) is 0 Å². The third-order valence-corrected chi connectivity index (χ3v) is 6.48. The van der Waals surface area contributed by atoms with Crippen molar-refractivity contribution in [2.75, 3.05) is 13.1 Å². The summed E-state index contributed by atoms with van der Waals surface area (Å²) in [6.07, 6.45) is 3.71. The van der Waals surface area contributed by atoms with E-state index >= 15 is 0 Å². The molecule has 3 nitrogen and oxygen atoms in total. The first-order chi connectivity index (χ1) is 11.1. The van der Waals surface area contributed by atoms with Crippen LogP contribution in [0.25, 0.3) is 15.8 Å². The van der Waals surface area contributed by atoms with Gasteiger partial charge in [-0.05, 0) is 58.5 Å². The Hall–Kier alpha value is -1.28. The molecule has 1 N–H and O–H groups in total. The van der Waals surface area contributed by atoms with E-state index in [2.05, 4.69) is 40.0 Å². The van der Waals surface area contributed by atoms with Gasteiger partial charge in [0, 0.05) is 26.7 Å². The standard InChI is InChI=1S/C16H13BrN2OS3/c1-2-7-19-9-10(15(20)18-16(19)21)8-11-3-4-12(22-11)13-5-6-14(17)23-13/h2-6,8H,1,7,9H2,(H,18,20,21). The zero-order chi connectivity index (χ0) is 16.4. The lowest BCUT2D eigenvalue weighted by Crippen LogP contribution is -2.50. The largest absolute Gasteiger partial charge is 0.341 e. The molecule has 3 rings (SSSR count). The van der Waals surface area contributed by atoms with E-state index in [9.17, 15) is 4.79 Å². The van der Waals surface area contributed by atoms with Crippen LogP contribution in [0.1, 0.15) is 4.88 Å². The van der Waals surface area contributed by atoms with Gasteiger partial charge in [0.2, 0.25) is 0 Å². The Bertz CT molecular complexity index is 806. The molecule has 1 aliphatic heterocycles. The van der Waals surface area contributed by atoms with Crippen LogP contribution >= 0.6 is 50.8 Å². The number of thiocarbonyl (C=S) groups is 1. The van der Waals surface area contributed by atoms with Crippen molar-refractivity contribution in [1.29, 1.82) is 0 Å². The predicted octanol–water partition coefficient (Wildman–Crippen LogP) is 4.53. The molecule has 0 spiro atoms. The van der Waals surface area contributed by atoms with Crippen LogP contribution in [0.3, 0.4) is 0 Å². The van der Waals surface area contributed by atoms with Crippen molar-refractivity contribution in [3.05, 3.63) is 51.2 Å². The molecule has 2 aromatic rings. The van der Waals surface area contributed by atoms with E-state index in [0.717, 1.165) is 8.66 Å². The third-order valence-electron chi connectivity index (χ3n) is 3.27. The van der Waals surface area contributed by atoms with E-state index in [-0.39, 0.29) is 5.91 Å². The predicted molar refractivity (Wildman–Crippen MR) is 106 cm³/mol. The van der Waals surface area contributed by atoms with Crippen molar-refractivity contribution in [2.45, 2.75) is 0 Å². The smallest absolute Gasteiger partial charge is 0.255 e. The van der Waals surface area contributed by atoms with E-state index in [1.165, 1.54) is 9.75 Å². The van der Waals surface area contributed by atoms with Gasteiger partial charge in [0.15, 0.2) is 5.11 Å². The Morgan fingerprint density at radius 2 is 2.04 bits per heavy atom. The first-order valence-corrected chi connectivity index (χ1v) is 9.67. The molecular weight excluding hydrogens is 412 g/mol. The van der Waals surface area contributed by atoms with Gasteiger partial charge in [0.25, 0.3) is 5.91 Å². The number of halogens is 1. The highest BCUT2D eigenvalue weighted by Gasteiger charge is 2.23. The molecule has 0 radical (unpaired) electrons. The number of thiophene rings is 2. The highest BCUT2D eigenvalue weighted by molar-refractivity contribution is 9.11. The second kappa shape index (κ2) is 7.09. The van der Waals surface area contributed by atoms with E-state index < -0.39 is 0 Å². The molecule has 118 valence electrons. The van der Waals surface area contributed by atoms with Crippen LogP contribution < -0.4 is 5.32 Å². The molecule has 2 aromatic heterocycles. The van der Waals surface area contributed by atoms with Crippen LogP contribution in [-0.2, 0) is 4.79 Å². The molecule has 7 heteroatoms. The molecule has 3 heterocycles. The van der Waals surface area contributed by atoms with Crippen LogP contribution in [0.4, 0.5) is 0 Å². The Balaban J connectivity index is 1.83. The fourth-order valence-electron chi connectivity index (χ4n) is 2.20. The summed E-state index contributed by atoms with van der Waals surface area (Å²) >= 11 is 12.0. The lowest BCUT2D eigenvalue weighted by atomic mass is 10.1.